The number of hydrogen-bond donors (Lipinski definition) is 0. The Balaban J connectivity index is 2.22. The number of nitrogens with zero attached hydrogens (tertiary/aromatic N) is 2. The minimum Gasteiger partial charge on any atom is -0.472 e. The summed E-state index contributed by atoms with van der Waals surface area (Å²) < 4.78 is 30.5. The number of pyridine rings is 1. The molecule has 2 rings (SSSR count). The van der Waals surface area contributed by atoms with E-state index in [9.17, 15) is 8.42 Å². The molecule has 5 nitrogen and oxygen atoms in total. The number of rotatable bonds is 4. The van der Waals surface area contributed by atoms with E-state index >= 15 is 0 Å². The van der Waals surface area contributed by atoms with Crippen molar-refractivity contribution in [2.24, 2.45) is 0 Å². The van der Waals surface area contributed by atoms with E-state index < -0.39 is 10.0 Å². The van der Waals surface area contributed by atoms with Crippen LogP contribution < -0.4 is 0 Å². The average molecular weight is 287 g/mol. The molecule has 2 heterocycles. The molecule has 2 aromatic rings. The predicted octanol–water partition coefficient (Wildman–Crippen LogP) is 2.15. The van der Waals surface area contributed by atoms with Gasteiger partial charge >= 0.3 is 0 Å². The predicted molar refractivity (Wildman–Crippen MR) is 66.6 cm³/mol. The van der Waals surface area contributed by atoms with Gasteiger partial charge in [-0.15, -0.1) is 0 Å². The second-order valence-electron chi connectivity index (χ2n) is 3.71. The molecule has 0 fully saturated rings. The van der Waals surface area contributed by atoms with Crippen molar-refractivity contribution >= 4 is 21.6 Å². The van der Waals surface area contributed by atoms with Crippen LogP contribution in [-0.4, -0.2) is 24.8 Å². The van der Waals surface area contributed by atoms with E-state index in [1.165, 1.54) is 42.2 Å². The Kier molecular flexibility index (Phi) is 3.70. The van der Waals surface area contributed by atoms with Gasteiger partial charge in [0.15, 0.2) is 0 Å². The fourth-order valence-electron chi connectivity index (χ4n) is 1.42. The monoisotopic (exact) mass is 286 g/mol. The van der Waals surface area contributed by atoms with Crippen LogP contribution >= 0.6 is 11.6 Å². The SMILES string of the molecule is CN(Cc1ccoc1)S(=O)(=O)c1ccc(Cl)nc1. The molecule has 18 heavy (non-hydrogen) atoms. The van der Waals surface area contributed by atoms with Crippen LogP contribution in [0.25, 0.3) is 0 Å². The normalized spacial score (nSPS) is 11.9. The number of furan rings is 1. The molecule has 7 heteroatoms. The Morgan fingerprint density at radius 3 is 2.72 bits per heavy atom. The van der Waals surface area contributed by atoms with Crippen molar-refractivity contribution in [3.8, 4) is 0 Å². The lowest BCUT2D eigenvalue weighted by Crippen LogP contribution is -2.26. The van der Waals surface area contributed by atoms with Crippen molar-refractivity contribution in [1.29, 1.82) is 0 Å². The van der Waals surface area contributed by atoms with Crippen molar-refractivity contribution in [2.45, 2.75) is 11.4 Å². The van der Waals surface area contributed by atoms with Crippen molar-refractivity contribution in [3.63, 3.8) is 0 Å². The van der Waals surface area contributed by atoms with E-state index in [0.29, 0.717) is 0 Å². The molecule has 0 aliphatic heterocycles. The Morgan fingerprint density at radius 1 is 1.39 bits per heavy atom. The highest BCUT2D eigenvalue weighted by Gasteiger charge is 2.21. The van der Waals surface area contributed by atoms with E-state index in [4.69, 9.17) is 16.0 Å². The van der Waals surface area contributed by atoms with Gasteiger partial charge in [-0.05, 0) is 18.2 Å². The quantitative estimate of drug-likeness (QED) is 0.808. The summed E-state index contributed by atoms with van der Waals surface area (Å²) in [5, 5.41) is 0.256. The zero-order chi connectivity index (χ0) is 13.2. The van der Waals surface area contributed by atoms with Crippen LogP contribution in [0.4, 0.5) is 0 Å². The first-order valence-corrected chi connectivity index (χ1v) is 6.91. The Morgan fingerprint density at radius 2 is 2.17 bits per heavy atom. The van der Waals surface area contributed by atoms with E-state index in [2.05, 4.69) is 4.98 Å². The largest absolute Gasteiger partial charge is 0.472 e. The summed E-state index contributed by atoms with van der Waals surface area (Å²) in [7, 11) is -2.06. The standard InChI is InChI=1S/C11H11ClN2O3S/c1-14(7-9-4-5-17-8-9)18(15,16)10-2-3-11(12)13-6-10/h2-6,8H,7H2,1H3. The number of sulfonamides is 1. The van der Waals surface area contributed by atoms with Gasteiger partial charge in [-0.25, -0.2) is 13.4 Å². The van der Waals surface area contributed by atoms with Crippen LogP contribution in [0.5, 0.6) is 0 Å². The molecular weight excluding hydrogens is 276 g/mol. The first-order valence-electron chi connectivity index (χ1n) is 5.09. The molecule has 2 aromatic heterocycles. The van der Waals surface area contributed by atoms with Gasteiger partial charge in [-0.1, -0.05) is 11.6 Å². The van der Waals surface area contributed by atoms with Gasteiger partial charge < -0.3 is 4.42 Å². The lowest BCUT2D eigenvalue weighted by atomic mass is 10.3. The third-order valence-corrected chi connectivity index (χ3v) is 4.40. The lowest BCUT2D eigenvalue weighted by Gasteiger charge is -2.15. The number of aromatic nitrogens is 1. The molecule has 0 saturated carbocycles. The van der Waals surface area contributed by atoms with Crippen molar-refractivity contribution < 1.29 is 12.8 Å². The molecule has 0 aliphatic rings. The van der Waals surface area contributed by atoms with Gasteiger partial charge in [-0.3, -0.25) is 0 Å². The fourth-order valence-corrected chi connectivity index (χ4v) is 2.64. The van der Waals surface area contributed by atoms with Gasteiger partial charge in [0.05, 0.1) is 12.5 Å². The van der Waals surface area contributed by atoms with Gasteiger partial charge in [0, 0.05) is 25.4 Å². The van der Waals surface area contributed by atoms with Gasteiger partial charge in [0.1, 0.15) is 10.0 Å². The Labute approximate surface area is 110 Å². The van der Waals surface area contributed by atoms with Crippen LogP contribution in [0.1, 0.15) is 5.56 Å². The Hall–Kier alpha value is -1.37. The van der Waals surface area contributed by atoms with Crippen LogP contribution in [0.3, 0.4) is 0 Å². The summed E-state index contributed by atoms with van der Waals surface area (Å²) >= 11 is 5.62. The maximum Gasteiger partial charge on any atom is 0.244 e. The highest BCUT2D eigenvalue weighted by molar-refractivity contribution is 7.89. The van der Waals surface area contributed by atoms with Crippen molar-refractivity contribution in [1.82, 2.24) is 9.29 Å². The number of halogens is 1. The first kappa shape index (κ1) is 13.1. The average Bonchev–Trinajstić information content (AvgIpc) is 2.82. The zero-order valence-corrected chi connectivity index (χ0v) is 11.1. The molecule has 0 spiro atoms. The topological polar surface area (TPSA) is 63.4 Å². The van der Waals surface area contributed by atoms with E-state index in [-0.39, 0.29) is 16.6 Å². The van der Waals surface area contributed by atoms with Crippen LogP contribution in [0.15, 0.2) is 46.2 Å². The molecule has 0 aliphatic carbocycles. The molecule has 0 atom stereocenters. The highest BCUT2D eigenvalue weighted by atomic mass is 35.5. The summed E-state index contributed by atoms with van der Waals surface area (Å²) in [6.07, 6.45) is 4.25. The number of hydrogen-bond acceptors (Lipinski definition) is 4. The van der Waals surface area contributed by atoms with Crippen molar-refractivity contribution in [3.05, 3.63) is 47.6 Å². The zero-order valence-electron chi connectivity index (χ0n) is 9.58. The highest BCUT2D eigenvalue weighted by Crippen LogP contribution is 2.17. The third kappa shape index (κ3) is 2.72. The minimum atomic E-state index is -3.56. The van der Waals surface area contributed by atoms with Gasteiger partial charge in [-0.2, -0.15) is 4.31 Å². The van der Waals surface area contributed by atoms with Crippen LogP contribution in [0, 0.1) is 0 Å². The molecule has 0 bridgehead atoms. The first-order chi connectivity index (χ1) is 8.50. The van der Waals surface area contributed by atoms with Crippen molar-refractivity contribution in [2.75, 3.05) is 7.05 Å². The second-order valence-corrected chi connectivity index (χ2v) is 6.14. The lowest BCUT2D eigenvalue weighted by molar-refractivity contribution is 0.463. The second kappa shape index (κ2) is 5.09. The van der Waals surface area contributed by atoms with Gasteiger partial charge in [0.25, 0.3) is 0 Å². The molecule has 0 aromatic carbocycles. The Bertz CT molecular complexity index is 608. The molecule has 0 saturated heterocycles. The smallest absolute Gasteiger partial charge is 0.244 e. The molecule has 0 unspecified atom stereocenters. The molecule has 0 radical (unpaired) electrons. The summed E-state index contributed by atoms with van der Waals surface area (Å²) in [5.74, 6) is 0. The maximum absolute atomic E-state index is 12.2. The summed E-state index contributed by atoms with van der Waals surface area (Å²) in [6.45, 7) is 0.238. The molecular formula is C11H11ClN2O3S. The summed E-state index contributed by atoms with van der Waals surface area (Å²) in [5.41, 5.74) is 0.781. The van der Waals surface area contributed by atoms with Gasteiger partial charge in [0.2, 0.25) is 10.0 Å². The van der Waals surface area contributed by atoms with Crippen LogP contribution in [0.2, 0.25) is 5.15 Å². The fraction of sp³-hybridized carbons (Fsp3) is 0.182. The third-order valence-electron chi connectivity index (χ3n) is 2.39. The molecule has 96 valence electrons. The molecule has 0 N–H and O–H groups in total. The minimum absolute atomic E-state index is 0.109. The molecule has 0 amide bonds. The summed E-state index contributed by atoms with van der Waals surface area (Å²) in [4.78, 5) is 3.88. The van der Waals surface area contributed by atoms with E-state index in [1.807, 2.05) is 0 Å². The van der Waals surface area contributed by atoms with E-state index in [0.717, 1.165) is 5.56 Å². The summed E-state index contributed by atoms with van der Waals surface area (Å²) in [6, 6.07) is 4.59. The maximum atomic E-state index is 12.2. The van der Waals surface area contributed by atoms with Crippen LogP contribution in [-0.2, 0) is 16.6 Å². The van der Waals surface area contributed by atoms with E-state index in [1.54, 1.807) is 6.07 Å².